The highest BCUT2D eigenvalue weighted by molar-refractivity contribution is 7.89. The lowest BCUT2D eigenvalue weighted by molar-refractivity contribution is -0.0231. The third kappa shape index (κ3) is 3.20. The highest BCUT2D eigenvalue weighted by Crippen LogP contribution is 2.26. The van der Waals surface area contributed by atoms with Crippen LogP contribution in [0.3, 0.4) is 0 Å². The third-order valence-corrected chi connectivity index (χ3v) is 6.27. The van der Waals surface area contributed by atoms with E-state index >= 15 is 0 Å². The van der Waals surface area contributed by atoms with Gasteiger partial charge in [0, 0.05) is 24.0 Å². The van der Waals surface area contributed by atoms with Gasteiger partial charge in [-0.3, -0.25) is 19.1 Å². The Morgan fingerprint density at radius 2 is 1.93 bits per heavy atom. The topological polar surface area (TPSA) is 96.1 Å². The molecule has 3 aromatic heterocycles. The number of aromatic nitrogens is 4. The molecule has 0 radical (unpaired) electrons. The lowest BCUT2D eigenvalue weighted by Crippen LogP contribution is -2.38. The zero-order valence-corrected chi connectivity index (χ0v) is 17.2. The van der Waals surface area contributed by atoms with Crippen LogP contribution in [0.15, 0.2) is 53.7 Å². The van der Waals surface area contributed by atoms with Crippen molar-refractivity contribution in [2.75, 3.05) is 19.5 Å². The lowest BCUT2D eigenvalue weighted by atomic mass is 10.1. The minimum Gasteiger partial charge on any atom is -0.377 e. The number of ether oxygens (including phenoxy) is 1. The molecule has 1 aromatic carbocycles. The molecule has 30 heavy (non-hydrogen) atoms. The molecule has 0 aliphatic carbocycles. The maximum atomic E-state index is 13.3. The summed E-state index contributed by atoms with van der Waals surface area (Å²) in [5, 5.41) is 1.69. The van der Waals surface area contributed by atoms with Crippen molar-refractivity contribution in [3.63, 3.8) is 0 Å². The van der Waals surface area contributed by atoms with E-state index in [0.717, 1.165) is 16.3 Å². The number of sulfone groups is 1. The molecule has 0 bridgehead atoms. The van der Waals surface area contributed by atoms with E-state index in [1.807, 2.05) is 30.3 Å². The smallest absolute Gasteiger partial charge is 0.329 e. The van der Waals surface area contributed by atoms with E-state index in [4.69, 9.17) is 4.74 Å². The van der Waals surface area contributed by atoms with E-state index in [2.05, 4.69) is 9.97 Å². The molecule has 1 aliphatic rings. The summed E-state index contributed by atoms with van der Waals surface area (Å²) in [7, 11) is -3.30. The molecular formula is C21H20N4O4S. The average molecular weight is 424 g/mol. The Morgan fingerprint density at radius 3 is 2.67 bits per heavy atom. The summed E-state index contributed by atoms with van der Waals surface area (Å²) < 4.78 is 32.9. The molecule has 1 aliphatic heterocycles. The number of rotatable bonds is 5. The highest BCUT2D eigenvalue weighted by atomic mass is 32.2. The molecule has 0 saturated carbocycles. The summed E-state index contributed by atoms with van der Waals surface area (Å²) in [5.74, 6) is -0.140. The first kappa shape index (κ1) is 19.0. The van der Waals surface area contributed by atoms with Gasteiger partial charge in [0.1, 0.15) is 0 Å². The van der Waals surface area contributed by atoms with Gasteiger partial charge >= 0.3 is 5.69 Å². The van der Waals surface area contributed by atoms with E-state index < -0.39 is 9.84 Å². The fourth-order valence-electron chi connectivity index (χ4n) is 3.98. The minimum absolute atomic E-state index is 0.0105. The van der Waals surface area contributed by atoms with Crippen molar-refractivity contribution in [2.45, 2.75) is 18.3 Å². The zero-order valence-electron chi connectivity index (χ0n) is 16.4. The molecule has 1 fully saturated rings. The van der Waals surface area contributed by atoms with Gasteiger partial charge in [0.25, 0.3) is 0 Å². The van der Waals surface area contributed by atoms with Crippen LogP contribution in [-0.2, 0) is 26.9 Å². The molecule has 8 nitrogen and oxygen atoms in total. The van der Waals surface area contributed by atoms with Gasteiger partial charge in [-0.05, 0) is 17.0 Å². The Bertz CT molecular complexity index is 1430. The van der Waals surface area contributed by atoms with Crippen molar-refractivity contribution >= 4 is 31.6 Å². The van der Waals surface area contributed by atoms with Crippen LogP contribution < -0.4 is 5.69 Å². The van der Waals surface area contributed by atoms with Gasteiger partial charge in [-0.15, -0.1) is 0 Å². The van der Waals surface area contributed by atoms with Gasteiger partial charge in [-0.2, -0.15) is 0 Å². The first-order valence-electron chi connectivity index (χ1n) is 9.58. The van der Waals surface area contributed by atoms with E-state index in [0.29, 0.717) is 30.0 Å². The summed E-state index contributed by atoms with van der Waals surface area (Å²) in [6, 6.07) is 9.35. The van der Waals surface area contributed by atoms with Gasteiger partial charge < -0.3 is 4.74 Å². The molecule has 154 valence electrons. The Hall–Kier alpha value is -3.04. The van der Waals surface area contributed by atoms with Crippen LogP contribution in [-0.4, -0.2) is 47.0 Å². The summed E-state index contributed by atoms with van der Waals surface area (Å²) in [6.07, 6.45) is 6.24. The molecule has 0 amide bonds. The maximum Gasteiger partial charge on any atom is 0.329 e. The summed E-state index contributed by atoms with van der Waals surface area (Å²) in [5.41, 5.74) is 2.49. The van der Waals surface area contributed by atoms with Crippen LogP contribution in [0.4, 0.5) is 0 Å². The maximum absolute atomic E-state index is 13.3. The number of nitrogens with zero attached hydrogens (tertiary/aromatic N) is 4. The molecule has 4 aromatic rings. The van der Waals surface area contributed by atoms with Gasteiger partial charge in [-0.25, -0.2) is 13.2 Å². The SMILES string of the molecule is CS(=O)(=O)Cc1c(Cn2c(=O)n(C3COC3)c3ccncc32)ncc2ccccc12. The summed E-state index contributed by atoms with van der Waals surface area (Å²) >= 11 is 0. The predicted molar refractivity (Wildman–Crippen MR) is 113 cm³/mol. The van der Waals surface area contributed by atoms with E-state index in [1.165, 1.54) is 6.26 Å². The second kappa shape index (κ2) is 7.03. The van der Waals surface area contributed by atoms with E-state index in [-0.39, 0.29) is 24.0 Å². The number of fused-ring (bicyclic) bond motifs is 2. The molecule has 0 spiro atoms. The fourth-order valence-corrected chi connectivity index (χ4v) is 4.83. The first-order valence-corrected chi connectivity index (χ1v) is 11.6. The van der Waals surface area contributed by atoms with Gasteiger partial charge in [-0.1, -0.05) is 24.3 Å². The Labute approximate surface area is 172 Å². The molecule has 4 heterocycles. The van der Waals surface area contributed by atoms with Crippen molar-refractivity contribution in [3.05, 3.63) is 70.7 Å². The fraction of sp³-hybridized carbons (Fsp3) is 0.286. The molecule has 9 heteroatoms. The van der Waals surface area contributed by atoms with Crippen molar-refractivity contribution in [2.24, 2.45) is 0 Å². The number of hydrogen-bond donors (Lipinski definition) is 0. The third-order valence-electron chi connectivity index (χ3n) is 5.46. The minimum atomic E-state index is -3.30. The van der Waals surface area contributed by atoms with E-state index in [9.17, 15) is 13.2 Å². The van der Waals surface area contributed by atoms with Gasteiger partial charge in [0.05, 0.1) is 54.5 Å². The molecule has 5 rings (SSSR count). The monoisotopic (exact) mass is 424 g/mol. The van der Waals surface area contributed by atoms with Crippen LogP contribution >= 0.6 is 0 Å². The molecule has 1 saturated heterocycles. The zero-order chi connectivity index (χ0) is 20.9. The molecule has 0 unspecified atom stereocenters. The van der Waals surface area contributed by atoms with E-state index in [1.54, 1.807) is 27.7 Å². The van der Waals surface area contributed by atoms with Crippen LogP contribution in [0.1, 0.15) is 17.3 Å². The average Bonchev–Trinajstić information content (AvgIpc) is 2.94. The Balaban J connectivity index is 1.70. The van der Waals surface area contributed by atoms with Gasteiger partial charge in [0.2, 0.25) is 0 Å². The Kier molecular flexibility index (Phi) is 4.44. The van der Waals surface area contributed by atoms with Crippen LogP contribution in [0, 0.1) is 0 Å². The van der Waals surface area contributed by atoms with Crippen molar-refractivity contribution in [1.82, 2.24) is 19.1 Å². The summed E-state index contributed by atoms with van der Waals surface area (Å²) in [6.45, 7) is 1.15. The predicted octanol–water partition coefficient (Wildman–Crippen LogP) is 1.91. The number of pyridine rings is 2. The number of benzene rings is 1. The highest BCUT2D eigenvalue weighted by Gasteiger charge is 2.27. The second-order valence-corrected chi connectivity index (χ2v) is 9.78. The second-order valence-electron chi connectivity index (χ2n) is 7.64. The largest absolute Gasteiger partial charge is 0.377 e. The first-order chi connectivity index (χ1) is 14.4. The van der Waals surface area contributed by atoms with Crippen LogP contribution in [0.25, 0.3) is 21.8 Å². The van der Waals surface area contributed by atoms with Crippen LogP contribution in [0.2, 0.25) is 0 Å². The standard InChI is InChI=1S/C21H20N4O4S/c1-30(27,28)13-17-16-5-3-2-4-14(16)8-23-18(17)10-24-20-9-22-7-6-19(20)25(21(24)26)15-11-29-12-15/h2-9,15H,10-13H2,1H3. The normalized spacial score (nSPS) is 15.0. The lowest BCUT2D eigenvalue weighted by Gasteiger charge is -2.27. The van der Waals surface area contributed by atoms with Crippen LogP contribution in [0.5, 0.6) is 0 Å². The molecule has 0 atom stereocenters. The van der Waals surface area contributed by atoms with Crippen molar-refractivity contribution in [1.29, 1.82) is 0 Å². The number of imidazole rings is 1. The summed E-state index contributed by atoms with van der Waals surface area (Å²) in [4.78, 5) is 22.0. The molecular weight excluding hydrogens is 404 g/mol. The van der Waals surface area contributed by atoms with Gasteiger partial charge in [0.15, 0.2) is 9.84 Å². The van der Waals surface area contributed by atoms with Crippen molar-refractivity contribution in [3.8, 4) is 0 Å². The molecule has 0 N–H and O–H groups in total. The number of hydrogen-bond acceptors (Lipinski definition) is 6. The Morgan fingerprint density at radius 1 is 1.13 bits per heavy atom. The van der Waals surface area contributed by atoms with Crippen molar-refractivity contribution < 1.29 is 13.2 Å². The quantitative estimate of drug-likeness (QED) is 0.486.